The second-order valence-electron chi connectivity index (χ2n) is 6.42. The second kappa shape index (κ2) is 7.09. The Hall–Kier alpha value is -4.60. The lowest BCUT2D eigenvalue weighted by atomic mass is 10.2. The highest BCUT2D eigenvalue weighted by Gasteiger charge is 2.17. The van der Waals surface area contributed by atoms with Gasteiger partial charge in [-0.3, -0.25) is 20.2 Å². The molecule has 0 bridgehead atoms. The molecular weight excluding hydrogens is 384 g/mol. The molecular formula is C20H14N8O2. The standard InChI is InChI=1S/C20H14N8O2/c29-17(25-19-21-8-9-22-19)12-5-3-7-14-16(12)24-20(23-14)26-18(30)15-10-11-4-1-2-6-13(11)27-28-15/h1-10H,(H2,21,22,25,29)(H2,23,24,26,30). The summed E-state index contributed by atoms with van der Waals surface area (Å²) in [6.07, 6.45) is 3.14. The van der Waals surface area contributed by atoms with Crippen LogP contribution < -0.4 is 10.6 Å². The molecule has 0 radical (unpaired) electrons. The molecule has 4 N–H and O–H groups in total. The highest BCUT2D eigenvalue weighted by molar-refractivity contribution is 6.11. The van der Waals surface area contributed by atoms with Gasteiger partial charge in [-0.2, -0.15) is 0 Å². The summed E-state index contributed by atoms with van der Waals surface area (Å²) in [4.78, 5) is 39.3. The Balaban J connectivity index is 1.42. The Morgan fingerprint density at radius 3 is 2.63 bits per heavy atom. The number of aromatic amines is 2. The van der Waals surface area contributed by atoms with Gasteiger partial charge in [0.05, 0.1) is 16.6 Å². The minimum absolute atomic E-state index is 0.157. The third-order valence-corrected chi connectivity index (χ3v) is 4.45. The number of aromatic nitrogens is 6. The van der Waals surface area contributed by atoms with Gasteiger partial charge >= 0.3 is 0 Å². The Morgan fingerprint density at radius 1 is 0.900 bits per heavy atom. The van der Waals surface area contributed by atoms with Crippen LogP contribution in [0.1, 0.15) is 20.8 Å². The molecule has 2 aromatic carbocycles. The maximum atomic E-state index is 12.6. The van der Waals surface area contributed by atoms with Crippen LogP contribution in [0.2, 0.25) is 0 Å². The number of anilines is 2. The van der Waals surface area contributed by atoms with Crippen molar-refractivity contribution in [2.24, 2.45) is 0 Å². The molecule has 2 amide bonds. The largest absolute Gasteiger partial charge is 0.331 e. The van der Waals surface area contributed by atoms with Crippen LogP contribution in [0, 0.1) is 0 Å². The first-order chi connectivity index (χ1) is 14.7. The van der Waals surface area contributed by atoms with Crippen molar-refractivity contribution < 1.29 is 9.59 Å². The molecule has 0 aliphatic rings. The van der Waals surface area contributed by atoms with Crippen LogP contribution in [0.5, 0.6) is 0 Å². The van der Waals surface area contributed by atoms with Gasteiger partial charge in [0.15, 0.2) is 5.69 Å². The maximum Gasteiger partial charge on any atom is 0.278 e. The van der Waals surface area contributed by atoms with Gasteiger partial charge < -0.3 is 9.97 Å². The van der Waals surface area contributed by atoms with E-state index < -0.39 is 5.91 Å². The summed E-state index contributed by atoms with van der Waals surface area (Å²) >= 11 is 0. The molecule has 0 spiro atoms. The molecule has 0 aliphatic heterocycles. The fraction of sp³-hybridized carbons (Fsp3) is 0. The van der Waals surface area contributed by atoms with E-state index in [0.29, 0.717) is 28.1 Å². The van der Waals surface area contributed by atoms with Crippen molar-refractivity contribution in [3.8, 4) is 0 Å². The van der Waals surface area contributed by atoms with E-state index in [2.05, 4.69) is 40.8 Å². The number of nitrogens with zero attached hydrogens (tertiary/aromatic N) is 4. The lowest BCUT2D eigenvalue weighted by Gasteiger charge is -2.02. The molecule has 0 saturated carbocycles. The van der Waals surface area contributed by atoms with Crippen LogP contribution in [-0.2, 0) is 0 Å². The SMILES string of the molecule is O=C(Nc1nc2c(C(=O)Nc3ncc[nH]3)cccc2[nH]1)c1cc2ccccc2nn1. The topological polar surface area (TPSA) is 141 Å². The summed E-state index contributed by atoms with van der Waals surface area (Å²) in [6, 6.07) is 14.2. The van der Waals surface area contributed by atoms with Crippen molar-refractivity contribution in [1.82, 2.24) is 30.1 Å². The molecule has 146 valence electrons. The van der Waals surface area contributed by atoms with Gasteiger partial charge in [-0.1, -0.05) is 24.3 Å². The van der Waals surface area contributed by atoms with E-state index in [1.807, 2.05) is 24.3 Å². The molecule has 3 aromatic heterocycles. The van der Waals surface area contributed by atoms with E-state index in [4.69, 9.17) is 0 Å². The molecule has 0 saturated heterocycles. The monoisotopic (exact) mass is 398 g/mol. The van der Waals surface area contributed by atoms with E-state index in [1.54, 1.807) is 30.5 Å². The highest BCUT2D eigenvalue weighted by Crippen LogP contribution is 2.20. The molecule has 5 rings (SSSR count). The summed E-state index contributed by atoms with van der Waals surface area (Å²) < 4.78 is 0. The Labute approximate surface area is 168 Å². The van der Waals surface area contributed by atoms with Crippen molar-refractivity contribution in [1.29, 1.82) is 0 Å². The summed E-state index contributed by atoms with van der Waals surface area (Å²) in [5.74, 6) is -0.312. The lowest BCUT2D eigenvalue weighted by molar-refractivity contribution is 0.101. The second-order valence-corrected chi connectivity index (χ2v) is 6.42. The summed E-state index contributed by atoms with van der Waals surface area (Å²) in [6.45, 7) is 0. The van der Waals surface area contributed by atoms with E-state index in [0.717, 1.165) is 5.39 Å². The zero-order valence-electron chi connectivity index (χ0n) is 15.4. The van der Waals surface area contributed by atoms with Crippen molar-refractivity contribution >= 4 is 45.6 Å². The normalized spacial score (nSPS) is 10.9. The van der Waals surface area contributed by atoms with Gasteiger partial charge in [-0.25, -0.2) is 9.97 Å². The minimum Gasteiger partial charge on any atom is -0.331 e. The Bertz CT molecular complexity index is 1390. The Morgan fingerprint density at radius 2 is 1.77 bits per heavy atom. The first kappa shape index (κ1) is 17.5. The molecule has 10 nitrogen and oxygen atoms in total. The average Bonchev–Trinajstić information content (AvgIpc) is 3.42. The first-order valence-electron chi connectivity index (χ1n) is 9.01. The number of fused-ring (bicyclic) bond motifs is 2. The minimum atomic E-state index is -0.464. The maximum absolute atomic E-state index is 12.6. The zero-order chi connectivity index (χ0) is 20.5. The quantitative estimate of drug-likeness (QED) is 0.367. The number of H-pyrrole nitrogens is 2. The van der Waals surface area contributed by atoms with Crippen LogP contribution in [0.3, 0.4) is 0 Å². The highest BCUT2D eigenvalue weighted by atomic mass is 16.2. The van der Waals surface area contributed by atoms with Crippen LogP contribution >= 0.6 is 0 Å². The van der Waals surface area contributed by atoms with Gasteiger partial charge in [-0.05, 0) is 24.3 Å². The zero-order valence-corrected chi connectivity index (χ0v) is 15.4. The number of rotatable bonds is 4. The number of hydrogen-bond donors (Lipinski definition) is 4. The van der Waals surface area contributed by atoms with Crippen LogP contribution in [-0.4, -0.2) is 41.9 Å². The van der Waals surface area contributed by atoms with Gasteiger partial charge in [0, 0.05) is 17.8 Å². The number of carbonyl (C=O) groups excluding carboxylic acids is 2. The summed E-state index contributed by atoms with van der Waals surface area (Å²) in [5.41, 5.74) is 2.21. The smallest absolute Gasteiger partial charge is 0.278 e. The van der Waals surface area contributed by atoms with Crippen molar-refractivity contribution in [3.63, 3.8) is 0 Å². The van der Waals surface area contributed by atoms with Crippen molar-refractivity contribution in [3.05, 3.63) is 72.2 Å². The van der Waals surface area contributed by atoms with Crippen LogP contribution in [0.25, 0.3) is 21.9 Å². The number of amides is 2. The molecule has 10 heteroatoms. The molecule has 0 unspecified atom stereocenters. The fourth-order valence-corrected chi connectivity index (χ4v) is 3.05. The van der Waals surface area contributed by atoms with E-state index in [9.17, 15) is 9.59 Å². The number of benzene rings is 2. The molecule has 3 heterocycles. The molecule has 5 aromatic rings. The predicted octanol–water partition coefficient (Wildman–Crippen LogP) is 2.73. The van der Waals surface area contributed by atoms with Gasteiger partial charge in [0.1, 0.15) is 5.52 Å². The molecule has 0 aliphatic carbocycles. The van der Waals surface area contributed by atoms with Crippen molar-refractivity contribution in [2.75, 3.05) is 10.6 Å². The van der Waals surface area contributed by atoms with Crippen LogP contribution in [0.4, 0.5) is 11.9 Å². The fourth-order valence-electron chi connectivity index (χ4n) is 3.05. The third-order valence-electron chi connectivity index (χ3n) is 4.45. The molecule has 0 fully saturated rings. The molecule has 30 heavy (non-hydrogen) atoms. The number of para-hydroxylation sites is 1. The van der Waals surface area contributed by atoms with E-state index >= 15 is 0 Å². The lowest BCUT2D eigenvalue weighted by Crippen LogP contribution is -2.15. The number of carbonyl (C=O) groups is 2. The number of nitrogens with one attached hydrogen (secondary N) is 4. The van der Waals surface area contributed by atoms with Gasteiger partial charge in [0.2, 0.25) is 11.9 Å². The summed E-state index contributed by atoms with van der Waals surface area (Å²) in [5, 5.41) is 14.2. The van der Waals surface area contributed by atoms with E-state index in [-0.39, 0.29) is 17.5 Å². The number of imidazole rings is 2. The van der Waals surface area contributed by atoms with Crippen LogP contribution in [0.15, 0.2) is 60.9 Å². The third kappa shape index (κ3) is 3.22. The Kier molecular flexibility index (Phi) is 4.14. The average molecular weight is 398 g/mol. The number of hydrogen-bond acceptors (Lipinski definition) is 6. The predicted molar refractivity (Wildman–Crippen MR) is 110 cm³/mol. The summed E-state index contributed by atoms with van der Waals surface area (Å²) in [7, 11) is 0. The van der Waals surface area contributed by atoms with E-state index in [1.165, 1.54) is 6.20 Å². The van der Waals surface area contributed by atoms with Gasteiger partial charge in [-0.15, -0.1) is 10.2 Å². The first-order valence-corrected chi connectivity index (χ1v) is 9.01. The van der Waals surface area contributed by atoms with Gasteiger partial charge in [0.25, 0.3) is 11.8 Å². The molecule has 0 atom stereocenters. The van der Waals surface area contributed by atoms with Crippen molar-refractivity contribution in [2.45, 2.75) is 0 Å².